The molecule has 1 aromatic carbocycles. The van der Waals surface area contributed by atoms with Crippen molar-refractivity contribution in [3.63, 3.8) is 0 Å². The van der Waals surface area contributed by atoms with Gasteiger partial charge in [-0.1, -0.05) is 18.2 Å². The molecule has 2 fully saturated rings. The van der Waals surface area contributed by atoms with Gasteiger partial charge in [-0.05, 0) is 44.8 Å². The van der Waals surface area contributed by atoms with Crippen LogP contribution in [0.1, 0.15) is 31.2 Å². The first kappa shape index (κ1) is 20.1. The Labute approximate surface area is 162 Å². The number of methoxy groups -OCH3 is 1. The molecule has 2 aliphatic rings. The number of benzene rings is 1. The minimum atomic E-state index is 0.0960. The third-order valence-corrected chi connectivity index (χ3v) is 5.56. The summed E-state index contributed by atoms with van der Waals surface area (Å²) >= 11 is 0. The monoisotopic (exact) mass is 375 g/mol. The van der Waals surface area contributed by atoms with Crippen LogP contribution in [-0.2, 0) is 16.1 Å². The molecule has 0 saturated carbocycles. The van der Waals surface area contributed by atoms with Crippen LogP contribution >= 0.6 is 0 Å². The van der Waals surface area contributed by atoms with Crippen LogP contribution in [0.2, 0.25) is 0 Å². The highest BCUT2D eigenvalue weighted by Gasteiger charge is 2.20. The summed E-state index contributed by atoms with van der Waals surface area (Å²) in [5.74, 6) is 0.911. The first-order valence-corrected chi connectivity index (χ1v) is 10.2. The predicted octanol–water partition coefficient (Wildman–Crippen LogP) is 1.89. The normalized spacial score (nSPS) is 18.8. The fourth-order valence-electron chi connectivity index (χ4n) is 3.82. The van der Waals surface area contributed by atoms with E-state index in [2.05, 4.69) is 16.3 Å². The molecule has 2 aliphatic heterocycles. The molecule has 0 aromatic heterocycles. The molecular formula is C21H33N3O3. The van der Waals surface area contributed by atoms with Crippen LogP contribution in [0.25, 0.3) is 0 Å². The van der Waals surface area contributed by atoms with E-state index in [1.807, 2.05) is 23.1 Å². The van der Waals surface area contributed by atoms with Crippen molar-refractivity contribution in [2.45, 2.75) is 38.3 Å². The van der Waals surface area contributed by atoms with Gasteiger partial charge in [-0.25, -0.2) is 0 Å². The van der Waals surface area contributed by atoms with Gasteiger partial charge in [0, 0.05) is 44.9 Å². The van der Waals surface area contributed by atoms with Gasteiger partial charge in [0.2, 0.25) is 0 Å². The summed E-state index contributed by atoms with van der Waals surface area (Å²) in [4.78, 5) is 16.6. The Morgan fingerprint density at radius 2 is 1.89 bits per heavy atom. The number of carbonyl (C=O) groups is 1. The molecule has 27 heavy (non-hydrogen) atoms. The third-order valence-electron chi connectivity index (χ3n) is 5.56. The summed E-state index contributed by atoms with van der Waals surface area (Å²) in [7, 11) is 1.76. The van der Waals surface area contributed by atoms with Crippen molar-refractivity contribution in [1.82, 2.24) is 15.1 Å². The van der Waals surface area contributed by atoms with Gasteiger partial charge < -0.3 is 24.6 Å². The summed E-state index contributed by atoms with van der Waals surface area (Å²) in [6.45, 7) is 6.70. The fraction of sp³-hybridized carbons (Fsp3) is 0.667. The lowest BCUT2D eigenvalue weighted by atomic mass is 10.0. The van der Waals surface area contributed by atoms with E-state index in [-0.39, 0.29) is 12.5 Å². The summed E-state index contributed by atoms with van der Waals surface area (Å²) in [6, 6.07) is 8.56. The summed E-state index contributed by atoms with van der Waals surface area (Å²) in [5.41, 5.74) is 1.12. The average Bonchev–Trinajstić information content (AvgIpc) is 3.25. The molecule has 6 heteroatoms. The smallest absolute Gasteiger partial charge is 0.260 e. The molecule has 150 valence electrons. The average molecular weight is 376 g/mol. The maximum absolute atomic E-state index is 12.2. The van der Waals surface area contributed by atoms with Crippen molar-refractivity contribution in [2.24, 2.45) is 0 Å². The first-order chi connectivity index (χ1) is 13.3. The second kappa shape index (κ2) is 10.6. The van der Waals surface area contributed by atoms with Crippen LogP contribution in [-0.4, -0.2) is 74.8 Å². The highest BCUT2D eigenvalue weighted by Crippen LogP contribution is 2.19. The molecule has 1 amide bonds. The Bertz CT molecular complexity index is 582. The molecule has 0 atom stereocenters. The highest BCUT2D eigenvalue weighted by atomic mass is 16.5. The van der Waals surface area contributed by atoms with Gasteiger partial charge in [-0.3, -0.25) is 4.79 Å². The second-order valence-electron chi connectivity index (χ2n) is 7.47. The first-order valence-electron chi connectivity index (χ1n) is 10.2. The molecule has 0 bridgehead atoms. The van der Waals surface area contributed by atoms with Crippen molar-refractivity contribution in [3.8, 4) is 5.75 Å². The van der Waals surface area contributed by atoms with E-state index in [1.54, 1.807) is 7.11 Å². The second-order valence-corrected chi connectivity index (χ2v) is 7.47. The van der Waals surface area contributed by atoms with Gasteiger partial charge >= 0.3 is 0 Å². The van der Waals surface area contributed by atoms with Gasteiger partial charge in [-0.15, -0.1) is 0 Å². The lowest BCUT2D eigenvalue weighted by molar-refractivity contribution is -0.132. The minimum absolute atomic E-state index is 0.0960. The Balaban J connectivity index is 1.43. The Hall–Kier alpha value is -1.63. The molecule has 2 saturated heterocycles. The Morgan fingerprint density at radius 1 is 1.15 bits per heavy atom. The maximum atomic E-state index is 12.2. The molecule has 0 unspecified atom stereocenters. The number of likely N-dealkylation sites (tertiary alicyclic amines) is 2. The zero-order valence-electron chi connectivity index (χ0n) is 16.5. The number of para-hydroxylation sites is 1. The number of amides is 1. The molecule has 0 radical (unpaired) electrons. The summed E-state index contributed by atoms with van der Waals surface area (Å²) < 4.78 is 11.0. The lowest BCUT2D eigenvalue weighted by Gasteiger charge is -2.32. The van der Waals surface area contributed by atoms with Crippen LogP contribution in [0, 0.1) is 0 Å². The molecule has 0 spiro atoms. The molecule has 6 nitrogen and oxygen atoms in total. The van der Waals surface area contributed by atoms with Gasteiger partial charge in [0.1, 0.15) is 5.75 Å². The van der Waals surface area contributed by atoms with Gasteiger partial charge in [-0.2, -0.15) is 0 Å². The maximum Gasteiger partial charge on any atom is 0.260 e. The molecular weight excluding hydrogens is 342 g/mol. The van der Waals surface area contributed by atoms with Crippen molar-refractivity contribution in [2.75, 3.05) is 53.0 Å². The quantitative estimate of drug-likeness (QED) is 0.714. The van der Waals surface area contributed by atoms with Crippen molar-refractivity contribution < 1.29 is 14.3 Å². The van der Waals surface area contributed by atoms with E-state index in [0.29, 0.717) is 6.04 Å². The molecule has 0 aliphatic carbocycles. The van der Waals surface area contributed by atoms with Gasteiger partial charge in [0.05, 0.1) is 6.61 Å². The minimum Gasteiger partial charge on any atom is -0.483 e. The number of nitrogens with one attached hydrogen (secondary N) is 1. The third kappa shape index (κ3) is 6.19. The van der Waals surface area contributed by atoms with Gasteiger partial charge in [0.15, 0.2) is 6.61 Å². The molecule has 3 rings (SSSR count). The van der Waals surface area contributed by atoms with Crippen molar-refractivity contribution in [3.05, 3.63) is 29.8 Å². The summed E-state index contributed by atoms with van der Waals surface area (Å²) in [5, 5.41) is 3.66. The zero-order chi connectivity index (χ0) is 18.9. The van der Waals surface area contributed by atoms with Crippen molar-refractivity contribution in [1.29, 1.82) is 0 Å². The van der Waals surface area contributed by atoms with Crippen LogP contribution in [0.3, 0.4) is 0 Å². The number of rotatable bonds is 9. The molecule has 1 N–H and O–H groups in total. The van der Waals surface area contributed by atoms with E-state index in [9.17, 15) is 4.79 Å². The number of ether oxygens (including phenoxy) is 2. The number of nitrogens with zero attached hydrogens (tertiary/aromatic N) is 2. The van der Waals surface area contributed by atoms with Gasteiger partial charge in [0.25, 0.3) is 5.91 Å². The topological polar surface area (TPSA) is 54.0 Å². The number of piperidine rings is 1. The molecule has 2 heterocycles. The van der Waals surface area contributed by atoms with E-state index >= 15 is 0 Å². The number of hydrogen-bond acceptors (Lipinski definition) is 5. The van der Waals surface area contributed by atoms with Crippen LogP contribution in [0.15, 0.2) is 24.3 Å². The number of carbonyl (C=O) groups excluding carboxylic acids is 1. The standard InChI is InChI=1S/C21H33N3O3/c1-26-15-14-23-12-8-19(9-13-23)22-16-18-6-2-3-7-20(18)27-17-21(25)24-10-4-5-11-24/h2-3,6-7,19,22H,4-5,8-17H2,1H3. The predicted molar refractivity (Wildman–Crippen MR) is 106 cm³/mol. The zero-order valence-corrected chi connectivity index (χ0v) is 16.5. The Kier molecular flexibility index (Phi) is 7.93. The van der Waals surface area contributed by atoms with E-state index in [1.165, 1.54) is 0 Å². The van der Waals surface area contributed by atoms with Crippen LogP contribution < -0.4 is 10.1 Å². The van der Waals surface area contributed by atoms with E-state index < -0.39 is 0 Å². The summed E-state index contributed by atoms with van der Waals surface area (Å²) in [6.07, 6.45) is 4.52. The lowest BCUT2D eigenvalue weighted by Crippen LogP contribution is -2.43. The SMILES string of the molecule is COCCN1CCC(NCc2ccccc2OCC(=O)N2CCCC2)CC1. The van der Waals surface area contributed by atoms with Crippen LogP contribution in [0.4, 0.5) is 0 Å². The largest absolute Gasteiger partial charge is 0.483 e. The highest BCUT2D eigenvalue weighted by molar-refractivity contribution is 5.78. The fourth-order valence-corrected chi connectivity index (χ4v) is 3.82. The van der Waals surface area contributed by atoms with E-state index in [4.69, 9.17) is 9.47 Å². The van der Waals surface area contributed by atoms with Crippen LogP contribution in [0.5, 0.6) is 5.75 Å². The van der Waals surface area contributed by atoms with E-state index in [0.717, 1.165) is 82.9 Å². The Morgan fingerprint density at radius 3 is 2.63 bits per heavy atom. The molecule has 1 aromatic rings. The van der Waals surface area contributed by atoms with Crippen molar-refractivity contribution >= 4 is 5.91 Å². The number of hydrogen-bond donors (Lipinski definition) is 1.